The zero-order valence-corrected chi connectivity index (χ0v) is 12.3. The molecule has 3 heteroatoms. The van der Waals surface area contributed by atoms with E-state index in [4.69, 9.17) is 4.52 Å². The van der Waals surface area contributed by atoms with Crippen LogP contribution >= 0.6 is 9.47 Å². The molecule has 1 N–H and O–H groups in total. The van der Waals surface area contributed by atoms with Gasteiger partial charge in [0.2, 0.25) is 0 Å². The van der Waals surface area contributed by atoms with Crippen molar-refractivity contribution in [3.8, 4) is 5.75 Å². The Morgan fingerprint density at radius 3 is 2.65 bits per heavy atom. The van der Waals surface area contributed by atoms with Crippen molar-refractivity contribution in [3.63, 3.8) is 0 Å². The molecular weight excluding hydrogens is 229 g/mol. The first-order valence-electron chi connectivity index (χ1n) is 6.24. The summed E-state index contributed by atoms with van der Waals surface area (Å²) >= 11 is 0. The average Bonchev–Trinajstić information content (AvgIpc) is 2.69. The van der Waals surface area contributed by atoms with Gasteiger partial charge < -0.3 is 9.51 Å². The lowest BCUT2D eigenvalue weighted by Gasteiger charge is -2.04. The van der Waals surface area contributed by atoms with Crippen LogP contribution in [0.3, 0.4) is 0 Å². The summed E-state index contributed by atoms with van der Waals surface area (Å²) in [4.78, 5) is 3.40. The molecule has 0 aliphatic carbocycles. The fourth-order valence-electron chi connectivity index (χ4n) is 2.07. The molecule has 1 unspecified atom stereocenters. The lowest BCUT2D eigenvalue weighted by molar-refractivity contribution is 0.653. The smallest absolute Gasteiger partial charge is 0.132 e. The van der Waals surface area contributed by atoms with Crippen molar-refractivity contribution in [2.45, 2.75) is 40.5 Å². The second-order valence-electron chi connectivity index (χ2n) is 3.78. The maximum Gasteiger partial charge on any atom is 0.132 e. The van der Waals surface area contributed by atoms with Crippen LogP contribution in [-0.4, -0.2) is 4.98 Å². The topological polar surface area (TPSA) is 25.0 Å². The molecule has 1 aromatic heterocycles. The number of hydrogen-bond donors (Lipinski definition) is 1. The molecule has 1 heterocycles. The summed E-state index contributed by atoms with van der Waals surface area (Å²) in [6.07, 6.45) is 2.25. The van der Waals surface area contributed by atoms with E-state index in [1.54, 1.807) is 0 Å². The van der Waals surface area contributed by atoms with Gasteiger partial charge in [-0.3, -0.25) is 0 Å². The van der Waals surface area contributed by atoms with Gasteiger partial charge in [0.25, 0.3) is 0 Å². The zero-order chi connectivity index (χ0) is 12.8. The molecular formula is C14H24NOP. The van der Waals surface area contributed by atoms with Gasteiger partial charge in [0.05, 0.1) is 9.47 Å². The van der Waals surface area contributed by atoms with Crippen molar-refractivity contribution >= 4 is 20.4 Å². The van der Waals surface area contributed by atoms with Crippen molar-refractivity contribution in [2.24, 2.45) is 0 Å². The number of hydrogen-bond acceptors (Lipinski definition) is 1. The molecule has 0 aliphatic rings. The highest BCUT2D eigenvalue weighted by Gasteiger charge is 2.11. The Morgan fingerprint density at radius 2 is 2.06 bits per heavy atom. The zero-order valence-electron chi connectivity index (χ0n) is 11.1. The normalized spacial score (nSPS) is 9.94. The summed E-state index contributed by atoms with van der Waals surface area (Å²) in [7, 11) is 2.32. The molecule has 17 heavy (non-hydrogen) atoms. The lowest BCUT2D eigenvalue weighted by atomic mass is 10.1. The largest absolute Gasteiger partial charge is 0.480 e. The van der Waals surface area contributed by atoms with Crippen LogP contribution in [0, 0.1) is 6.92 Å². The number of benzene rings is 1. The van der Waals surface area contributed by atoms with Crippen LogP contribution in [0.15, 0.2) is 18.2 Å². The minimum atomic E-state index is 0. The Balaban J connectivity index is 0.000000917. The molecule has 0 aliphatic heterocycles. The third-order valence-electron chi connectivity index (χ3n) is 2.73. The summed E-state index contributed by atoms with van der Waals surface area (Å²) in [5.41, 5.74) is 3.79. The fraction of sp³-hybridized carbons (Fsp3) is 0.429. The van der Waals surface area contributed by atoms with E-state index in [-0.39, 0.29) is 1.43 Å². The molecule has 0 radical (unpaired) electrons. The molecule has 2 nitrogen and oxygen atoms in total. The van der Waals surface area contributed by atoms with E-state index in [1.165, 1.54) is 16.6 Å². The molecule has 0 saturated heterocycles. The van der Waals surface area contributed by atoms with Crippen molar-refractivity contribution in [1.82, 2.24) is 4.98 Å². The molecule has 0 saturated carbocycles. The van der Waals surface area contributed by atoms with Crippen molar-refractivity contribution in [3.05, 3.63) is 29.5 Å². The molecule has 2 rings (SSSR count). The van der Waals surface area contributed by atoms with Gasteiger partial charge in [-0.05, 0) is 31.0 Å². The summed E-state index contributed by atoms with van der Waals surface area (Å²) in [6.45, 7) is 8.32. The van der Waals surface area contributed by atoms with Gasteiger partial charge in [0.15, 0.2) is 0 Å². The number of fused-ring (bicyclic) bond motifs is 1. The van der Waals surface area contributed by atoms with E-state index in [9.17, 15) is 0 Å². The molecule has 0 amide bonds. The van der Waals surface area contributed by atoms with E-state index in [1.807, 2.05) is 26.0 Å². The van der Waals surface area contributed by atoms with Gasteiger partial charge in [0.1, 0.15) is 5.75 Å². The number of nitrogens with one attached hydrogen (secondary N) is 1. The van der Waals surface area contributed by atoms with Gasteiger partial charge in [-0.2, -0.15) is 0 Å². The summed E-state index contributed by atoms with van der Waals surface area (Å²) < 4.78 is 5.32. The summed E-state index contributed by atoms with van der Waals surface area (Å²) in [6, 6.07) is 6.10. The third kappa shape index (κ3) is 2.81. The van der Waals surface area contributed by atoms with Crippen LogP contribution in [0.5, 0.6) is 5.75 Å². The molecule has 0 fully saturated rings. The van der Waals surface area contributed by atoms with Crippen LogP contribution in [0.4, 0.5) is 0 Å². The molecule has 1 aromatic carbocycles. The van der Waals surface area contributed by atoms with Crippen LogP contribution in [-0.2, 0) is 6.42 Å². The van der Waals surface area contributed by atoms with Crippen LogP contribution in [0.2, 0.25) is 0 Å². The monoisotopic (exact) mass is 253 g/mol. The van der Waals surface area contributed by atoms with Gasteiger partial charge >= 0.3 is 0 Å². The lowest BCUT2D eigenvalue weighted by Crippen LogP contribution is -1.85. The summed E-state index contributed by atoms with van der Waals surface area (Å²) in [5, 5.41) is 1.23. The highest BCUT2D eigenvalue weighted by Crippen LogP contribution is 2.32. The Morgan fingerprint density at radius 1 is 1.35 bits per heavy atom. The molecule has 1 atom stereocenters. The second-order valence-corrected chi connectivity index (χ2v) is 4.01. The van der Waals surface area contributed by atoms with Crippen molar-refractivity contribution < 1.29 is 5.95 Å². The van der Waals surface area contributed by atoms with E-state index >= 15 is 0 Å². The highest BCUT2D eigenvalue weighted by molar-refractivity contribution is 7.10. The van der Waals surface area contributed by atoms with Crippen molar-refractivity contribution in [2.75, 3.05) is 0 Å². The maximum absolute atomic E-state index is 5.32. The average molecular weight is 253 g/mol. The Hall–Kier alpha value is -1.01. The van der Waals surface area contributed by atoms with Gasteiger partial charge in [-0.1, -0.05) is 33.3 Å². The number of aryl methyl sites for hydroxylation is 2. The van der Waals surface area contributed by atoms with Gasteiger partial charge in [0, 0.05) is 18.0 Å². The van der Waals surface area contributed by atoms with Crippen molar-refractivity contribution in [1.29, 1.82) is 0 Å². The van der Waals surface area contributed by atoms with E-state index < -0.39 is 0 Å². The van der Waals surface area contributed by atoms with Crippen LogP contribution in [0.25, 0.3) is 10.9 Å². The summed E-state index contributed by atoms with van der Waals surface area (Å²) in [5.74, 6) is 0.935. The predicted molar refractivity (Wildman–Crippen MR) is 80.8 cm³/mol. The van der Waals surface area contributed by atoms with Gasteiger partial charge in [-0.15, -0.1) is 0 Å². The van der Waals surface area contributed by atoms with Crippen LogP contribution < -0.4 is 4.52 Å². The Bertz CT molecular complexity index is 482. The van der Waals surface area contributed by atoms with E-state index in [0.29, 0.717) is 0 Å². The molecule has 0 bridgehead atoms. The fourth-order valence-corrected chi connectivity index (χ4v) is 2.27. The highest BCUT2D eigenvalue weighted by atomic mass is 31.0. The maximum atomic E-state index is 5.32. The van der Waals surface area contributed by atoms with Crippen LogP contribution in [0.1, 0.15) is 39.9 Å². The molecule has 0 spiro atoms. The quantitative estimate of drug-likeness (QED) is 0.775. The van der Waals surface area contributed by atoms with E-state index in [0.717, 1.165) is 24.1 Å². The first-order chi connectivity index (χ1) is 8.27. The number of aromatic amines is 1. The first kappa shape index (κ1) is 14.1. The Kier molecular flexibility index (Phi) is 5.50. The third-order valence-corrected chi connectivity index (χ3v) is 2.98. The van der Waals surface area contributed by atoms with Gasteiger partial charge in [-0.25, -0.2) is 0 Å². The van der Waals surface area contributed by atoms with E-state index in [2.05, 4.69) is 34.4 Å². The minimum Gasteiger partial charge on any atom is -0.480 e. The number of rotatable bonds is 3. The Labute approximate surface area is 108 Å². The minimum absolute atomic E-state index is 0. The first-order valence-corrected chi connectivity index (χ1v) is 6.72. The standard InChI is InChI=1S/C12H16NOP.C2H6.H2/c1-3-5-9-8(2)13-10-6-4-7-11(14-15)12(9)10;1-2;/h4,6-7,13H,3,5,15H2,1-2H3;1-2H3;1H. The molecule has 2 aromatic rings. The SMILES string of the molecule is CC.CCCc1c(C)[nH]c2cccc(OP)c12.[HH]. The molecule has 96 valence electrons. The second kappa shape index (κ2) is 6.66. The number of H-pyrrole nitrogens is 1. The predicted octanol–water partition coefficient (Wildman–Crippen LogP) is 4.87. The number of aromatic nitrogens is 1.